The van der Waals surface area contributed by atoms with Crippen molar-refractivity contribution in [3.8, 4) is 6.07 Å². The van der Waals surface area contributed by atoms with E-state index in [-0.39, 0.29) is 33.8 Å². The summed E-state index contributed by atoms with van der Waals surface area (Å²) in [7, 11) is -5.00. The molecule has 1 aliphatic heterocycles. The number of aromatic nitrogens is 4. The lowest BCUT2D eigenvalue weighted by Crippen LogP contribution is -2.73. The molecule has 5 N–H and O–H groups in total. The number of hydrogen-bond acceptors (Lipinski definition) is 13. The van der Waals surface area contributed by atoms with Crippen LogP contribution >= 0.6 is 11.3 Å². The van der Waals surface area contributed by atoms with Gasteiger partial charge in [-0.2, -0.15) is 28.7 Å². The molecule has 1 fully saturated rings. The number of carbonyl (C=O) groups excluding carboxylic acids is 2. The molecule has 0 spiro atoms. The highest BCUT2D eigenvalue weighted by Gasteiger charge is 2.54. The van der Waals surface area contributed by atoms with Crippen molar-refractivity contribution in [2.45, 2.75) is 44.5 Å². The molecule has 2 aromatic heterocycles. The van der Waals surface area contributed by atoms with Gasteiger partial charge in [0.25, 0.3) is 11.8 Å². The van der Waals surface area contributed by atoms with E-state index in [1.54, 1.807) is 0 Å². The Hall–Kier alpha value is -4.15. The van der Waals surface area contributed by atoms with Crippen LogP contribution in [0, 0.1) is 11.3 Å². The first-order chi connectivity index (χ1) is 16.7. The minimum atomic E-state index is -5.00. The van der Waals surface area contributed by atoms with Crippen LogP contribution in [0.3, 0.4) is 0 Å². The number of hydrogen-bond donors (Lipinski definition) is 4. The lowest BCUT2D eigenvalue weighted by atomic mass is 9.98. The number of thiazole rings is 1. The molecule has 0 bridgehead atoms. The summed E-state index contributed by atoms with van der Waals surface area (Å²) < 4.78 is 33.1. The predicted octanol–water partition coefficient (Wildman–Crippen LogP) is -1.83. The molecule has 2 aromatic rings. The number of carbonyl (C=O) groups is 3. The van der Waals surface area contributed by atoms with Crippen LogP contribution < -0.4 is 11.1 Å². The van der Waals surface area contributed by atoms with Gasteiger partial charge in [0, 0.05) is 5.38 Å². The van der Waals surface area contributed by atoms with Crippen molar-refractivity contribution in [2.24, 2.45) is 5.16 Å². The van der Waals surface area contributed by atoms with Gasteiger partial charge in [-0.3, -0.25) is 14.1 Å². The predicted molar refractivity (Wildman–Crippen MR) is 119 cm³/mol. The molecule has 19 heteroatoms. The number of nitrogens with two attached hydrogens (primary N) is 1. The number of rotatable bonds is 10. The van der Waals surface area contributed by atoms with Gasteiger partial charge >= 0.3 is 16.3 Å². The maximum atomic E-state index is 13.0. The minimum Gasteiger partial charge on any atom is -0.478 e. The SMILES string of the molecule is CC(C)(ON=C(C(=O)NC1C(=O)N(S(=O)(=O)O)C1Cn1ncc(CC#N)n1)c1csc(N)n1)C(=O)O. The third-order valence-corrected chi connectivity index (χ3v) is 6.38. The van der Waals surface area contributed by atoms with Crippen LogP contribution in [-0.2, 0) is 42.5 Å². The summed E-state index contributed by atoms with van der Waals surface area (Å²) in [5, 5.41) is 33.1. The second-order valence-electron chi connectivity index (χ2n) is 7.77. The first-order valence-electron chi connectivity index (χ1n) is 9.83. The number of nitriles is 1. The zero-order valence-corrected chi connectivity index (χ0v) is 20.2. The van der Waals surface area contributed by atoms with E-state index in [2.05, 4.69) is 25.7 Å². The van der Waals surface area contributed by atoms with Gasteiger partial charge in [0.1, 0.15) is 17.8 Å². The van der Waals surface area contributed by atoms with Gasteiger partial charge in [-0.05, 0) is 13.8 Å². The molecule has 0 radical (unpaired) electrons. The minimum absolute atomic E-state index is 0.0519. The first-order valence-corrected chi connectivity index (χ1v) is 12.1. The van der Waals surface area contributed by atoms with Gasteiger partial charge in [-0.15, -0.1) is 11.3 Å². The highest BCUT2D eigenvalue weighted by Crippen LogP contribution is 2.25. The van der Waals surface area contributed by atoms with E-state index in [0.29, 0.717) is 0 Å². The Labute approximate surface area is 207 Å². The average Bonchev–Trinajstić information content (AvgIpc) is 3.39. The van der Waals surface area contributed by atoms with Gasteiger partial charge in [-0.1, -0.05) is 5.16 Å². The maximum absolute atomic E-state index is 13.0. The van der Waals surface area contributed by atoms with Crippen molar-refractivity contribution < 1.29 is 37.3 Å². The number of oxime groups is 1. The van der Waals surface area contributed by atoms with Crippen molar-refractivity contribution >= 4 is 50.3 Å². The lowest BCUT2D eigenvalue weighted by Gasteiger charge is -2.43. The molecule has 0 aliphatic carbocycles. The number of aliphatic carboxylic acids is 1. The van der Waals surface area contributed by atoms with E-state index >= 15 is 0 Å². The Kier molecular flexibility index (Phi) is 7.23. The quantitative estimate of drug-likeness (QED) is 0.112. The fourth-order valence-electron chi connectivity index (χ4n) is 2.90. The van der Waals surface area contributed by atoms with Gasteiger partial charge in [0.05, 0.1) is 30.9 Å². The summed E-state index contributed by atoms with van der Waals surface area (Å²) in [4.78, 5) is 46.8. The van der Waals surface area contributed by atoms with Crippen LogP contribution in [-0.4, -0.2) is 83.5 Å². The van der Waals surface area contributed by atoms with Crippen LogP contribution in [0.15, 0.2) is 16.7 Å². The fourth-order valence-corrected chi connectivity index (χ4v) is 4.32. The van der Waals surface area contributed by atoms with Crippen LogP contribution in [0.25, 0.3) is 0 Å². The van der Waals surface area contributed by atoms with Crippen molar-refractivity contribution in [1.29, 1.82) is 5.26 Å². The maximum Gasteiger partial charge on any atom is 0.362 e. The topological polar surface area (TPSA) is 256 Å². The van der Waals surface area contributed by atoms with Crippen molar-refractivity contribution in [1.82, 2.24) is 29.6 Å². The van der Waals surface area contributed by atoms with Crippen LogP contribution in [0.1, 0.15) is 25.2 Å². The molecule has 3 rings (SSSR count). The zero-order chi connectivity index (χ0) is 26.8. The molecule has 1 aliphatic rings. The van der Waals surface area contributed by atoms with Gasteiger partial charge < -0.3 is 21.0 Å². The average molecular weight is 542 g/mol. The number of carboxylic acids is 1. The van der Waals surface area contributed by atoms with Crippen LogP contribution in [0.4, 0.5) is 5.13 Å². The number of β-lactam (4-membered cyclic amide) rings is 1. The van der Waals surface area contributed by atoms with E-state index in [0.717, 1.165) is 16.1 Å². The molecule has 2 amide bonds. The van der Waals surface area contributed by atoms with Gasteiger partial charge in [-0.25, -0.2) is 14.1 Å². The molecule has 2 unspecified atom stereocenters. The summed E-state index contributed by atoms with van der Waals surface area (Å²) in [5.74, 6) is -3.62. The van der Waals surface area contributed by atoms with Crippen molar-refractivity contribution in [3.05, 3.63) is 23.0 Å². The summed E-state index contributed by atoms with van der Waals surface area (Å²) in [6.07, 6.45) is 1.18. The summed E-state index contributed by atoms with van der Waals surface area (Å²) in [6.45, 7) is 1.98. The molecular weight excluding hydrogens is 522 g/mol. The highest BCUT2D eigenvalue weighted by molar-refractivity contribution is 7.84. The zero-order valence-electron chi connectivity index (χ0n) is 18.6. The molecule has 192 valence electrons. The Morgan fingerprint density at radius 2 is 2.14 bits per heavy atom. The molecule has 1 saturated heterocycles. The molecule has 2 atom stereocenters. The van der Waals surface area contributed by atoms with E-state index in [9.17, 15) is 32.5 Å². The molecule has 0 aromatic carbocycles. The number of nitrogens with one attached hydrogen (secondary N) is 1. The standard InChI is InChI=1S/C17H19N9O8S2/c1-17(2,15(29)30)34-24-11(9-7-35-16(19)21-9)13(27)22-12-10(26(14(12)28)36(31,32)33)6-25-20-5-8(23-25)3-4-18/h5,7,10,12H,3,6H2,1-2H3,(H2,19,21)(H,22,27)(H,29,30)(H,31,32,33). The second kappa shape index (κ2) is 9.84. The lowest BCUT2D eigenvalue weighted by molar-refractivity contribution is -0.161. The molecule has 0 saturated carbocycles. The molecular formula is C17H19N9O8S2. The second-order valence-corrected chi connectivity index (χ2v) is 9.95. The van der Waals surface area contributed by atoms with Crippen LogP contribution in [0.2, 0.25) is 0 Å². The normalized spacial score (nSPS) is 18.3. The number of amides is 2. The number of carboxylic acid groups (broad SMARTS) is 1. The number of anilines is 1. The fraction of sp³-hybridized carbons (Fsp3) is 0.412. The Balaban J connectivity index is 1.88. The Morgan fingerprint density at radius 3 is 2.69 bits per heavy atom. The largest absolute Gasteiger partial charge is 0.478 e. The molecule has 17 nitrogen and oxygen atoms in total. The van der Waals surface area contributed by atoms with E-state index < -0.39 is 51.5 Å². The first kappa shape index (κ1) is 26.5. The van der Waals surface area contributed by atoms with E-state index in [1.165, 1.54) is 25.4 Å². The van der Waals surface area contributed by atoms with E-state index in [1.807, 2.05) is 6.07 Å². The summed E-state index contributed by atoms with van der Waals surface area (Å²) >= 11 is 0.945. The van der Waals surface area contributed by atoms with Crippen molar-refractivity contribution in [2.75, 3.05) is 5.73 Å². The molecule has 3 heterocycles. The summed E-state index contributed by atoms with van der Waals surface area (Å²) in [6, 6.07) is -0.974. The van der Waals surface area contributed by atoms with Gasteiger partial charge in [0.2, 0.25) is 5.60 Å². The summed E-state index contributed by atoms with van der Waals surface area (Å²) in [5.41, 5.74) is 3.40. The Bertz CT molecular complexity index is 1370. The highest BCUT2D eigenvalue weighted by atomic mass is 32.2. The van der Waals surface area contributed by atoms with E-state index in [4.69, 9.17) is 15.8 Å². The smallest absolute Gasteiger partial charge is 0.362 e. The monoisotopic (exact) mass is 541 g/mol. The molecule has 36 heavy (non-hydrogen) atoms. The van der Waals surface area contributed by atoms with Gasteiger partial charge in [0.15, 0.2) is 10.8 Å². The Morgan fingerprint density at radius 1 is 1.44 bits per heavy atom. The number of nitrogen functional groups attached to an aromatic ring is 1. The third kappa shape index (κ3) is 5.56. The number of nitrogens with zero attached hydrogens (tertiary/aromatic N) is 7. The third-order valence-electron chi connectivity index (χ3n) is 4.76. The van der Waals surface area contributed by atoms with Crippen molar-refractivity contribution in [3.63, 3.8) is 0 Å². The van der Waals surface area contributed by atoms with Crippen LogP contribution in [0.5, 0.6) is 0 Å².